The van der Waals surface area contributed by atoms with Gasteiger partial charge in [0.15, 0.2) is 0 Å². The first-order valence-electron chi connectivity index (χ1n) is 12.7. The molecule has 38 heavy (non-hydrogen) atoms. The number of alkyl halides is 6. The fraction of sp³-hybridized carbons (Fsp3) is 0.538. The van der Waals surface area contributed by atoms with Gasteiger partial charge in [-0.15, -0.1) is 0 Å². The highest BCUT2D eigenvalue weighted by Crippen LogP contribution is 2.31. The molecule has 0 radical (unpaired) electrons. The van der Waals surface area contributed by atoms with Gasteiger partial charge >= 0.3 is 12.4 Å². The highest BCUT2D eigenvalue weighted by atomic mass is 19.4. The average Bonchev–Trinajstić information content (AvgIpc) is 3.12. The van der Waals surface area contributed by atoms with E-state index in [1.54, 1.807) is 4.90 Å². The van der Waals surface area contributed by atoms with Crippen molar-refractivity contribution in [1.29, 1.82) is 0 Å². The predicted octanol–water partition coefficient (Wildman–Crippen LogP) is 5.12. The Morgan fingerprint density at radius 1 is 0.895 bits per heavy atom. The van der Waals surface area contributed by atoms with Crippen LogP contribution >= 0.6 is 0 Å². The number of anilines is 2. The minimum Gasteiger partial charge on any atom is -0.379 e. The van der Waals surface area contributed by atoms with E-state index in [1.165, 1.54) is 18.3 Å². The number of carbonyl (C=O) groups is 1. The first-order chi connectivity index (χ1) is 18.0. The van der Waals surface area contributed by atoms with Gasteiger partial charge in [-0.05, 0) is 56.1 Å². The molecule has 208 valence electrons. The second-order valence-corrected chi connectivity index (χ2v) is 9.76. The number of piperidine rings is 1. The Bertz CT molecular complexity index is 1080. The van der Waals surface area contributed by atoms with E-state index in [4.69, 9.17) is 0 Å². The van der Waals surface area contributed by atoms with Crippen molar-refractivity contribution in [3.63, 3.8) is 0 Å². The number of hydrogen-bond donors (Lipinski definition) is 1. The highest BCUT2D eigenvalue weighted by molar-refractivity contribution is 5.76. The molecule has 2 saturated heterocycles. The molecule has 0 unspecified atom stereocenters. The van der Waals surface area contributed by atoms with E-state index in [9.17, 15) is 31.1 Å². The molecule has 1 amide bonds. The van der Waals surface area contributed by atoms with Crippen LogP contribution in [0.5, 0.6) is 0 Å². The second-order valence-electron chi connectivity index (χ2n) is 9.76. The lowest BCUT2D eigenvalue weighted by Gasteiger charge is -2.34. The molecular formula is C26H31F6N5O. The molecule has 0 spiro atoms. The molecule has 0 bridgehead atoms. The van der Waals surface area contributed by atoms with Crippen LogP contribution in [0.4, 0.5) is 37.7 Å². The van der Waals surface area contributed by atoms with Crippen LogP contribution in [0.3, 0.4) is 0 Å². The molecule has 0 saturated carbocycles. The first kappa shape index (κ1) is 28.0. The van der Waals surface area contributed by atoms with Gasteiger partial charge < -0.3 is 20.0 Å². The minimum absolute atomic E-state index is 0.00232. The van der Waals surface area contributed by atoms with Gasteiger partial charge in [0.2, 0.25) is 5.91 Å². The van der Waals surface area contributed by atoms with Gasteiger partial charge in [-0.1, -0.05) is 0 Å². The van der Waals surface area contributed by atoms with Crippen molar-refractivity contribution in [1.82, 2.24) is 14.8 Å². The molecular weight excluding hydrogens is 512 g/mol. The number of likely N-dealkylation sites (tertiary alicyclic amines) is 1. The molecule has 3 heterocycles. The summed E-state index contributed by atoms with van der Waals surface area (Å²) in [6.45, 7) is 4.46. The Labute approximate surface area is 217 Å². The lowest BCUT2D eigenvalue weighted by atomic mass is 10.0. The fourth-order valence-electron chi connectivity index (χ4n) is 4.96. The summed E-state index contributed by atoms with van der Waals surface area (Å²) in [7, 11) is 0. The summed E-state index contributed by atoms with van der Waals surface area (Å²) in [4.78, 5) is 22.6. The summed E-state index contributed by atoms with van der Waals surface area (Å²) in [5.74, 6) is 0.00232. The van der Waals surface area contributed by atoms with E-state index in [0.717, 1.165) is 62.4 Å². The molecule has 4 rings (SSSR count). The van der Waals surface area contributed by atoms with Gasteiger partial charge in [-0.25, -0.2) is 0 Å². The maximum atomic E-state index is 13.0. The molecule has 1 aromatic heterocycles. The Hall–Kier alpha value is -3.02. The van der Waals surface area contributed by atoms with Gasteiger partial charge in [-0.3, -0.25) is 9.78 Å². The number of pyridine rings is 1. The maximum absolute atomic E-state index is 13.0. The Balaban J connectivity index is 1.24. The average molecular weight is 544 g/mol. The summed E-state index contributed by atoms with van der Waals surface area (Å²) in [5.41, 5.74) is -0.460. The molecule has 2 aliphatic heterocycles. The van der Waals surface area contributed by atoms with Crippen LogP contribution in [-0.4, -0.2) is 72.5 Å². The van der Waals surface area contributed by atoms with Crippen molar-refractivity contribution in [3.8, 4) is 0 Å². The number of hydrogen-bond acceptors (Lipinski definition) is 5. The van der Waals surface area contributed by atoms with Crippen LogP contribution in [-0.2, 0) is 17.1 Å². The number of amides is 1. The van der Waals surface area contributed by atoms with E-state index in [-0.39, 0.29) is 17.6 Å². The molecule has 1 N–H and O–H groups in total. The van der Waals surface area contributed by atoms with E-state index >= 15 is 0 Å². The molecule has 2 aliphatic rings. The number of aromatic nitrogens is 1. The zero-order valence-electron chi connectivity index (χ0n) is 20.9. The molecule has 1 atom stereocenters. The molecule has 12 heteroatoms. The Kier molecular flexibility index (Phi) is 8.69. The van der Waals surface area contributed by atoms with Crippen LogP contribution in [0, 0.1) is 0 Å². The normalized spacial score (nSPS) is 19.8. The number of carbonyl (C=O) groups excluding carboxylic acids is 1. The summed E-state index contributed by atoms with van der Waals surface area (Å²) >= 11 is 0. The smallest absolute Gasteiger partial charge is 0.379 e. The quantitative estimate of drug-likeness (QED) is 0.513. The number of rotatable bonds is 6. The van der Waals surface area contributed by atoms with E-state index < -0.39 is 23.5 Å². The third-order valence-electron chi connectivity index (χ3n) is 7.00. The van der Waals surface area contributed by atoms with Crippen LogP contribution in [0.2, 0.25) is 0 Å². The SMILES string of the molecule is O=C(CCN1CCCN(c2ccc(C(F)(F)F)cc2)CC1)N1CCC[C@H](Nc2cncc(C(F)(F)F)c2)C1. The van der Waals surface area contributed by atoms with E-state index in [0.29, 0.717) is 39.1 Å². The van der Waals surface area contributed by atoms with Crippen molar-refractivity contribution in [2.75, 3.05) is 56.0 Å². The maximum Gasteiger partial charge on any atom is 0.417 e. The molecule has 2 fully saturated rings. The van der Waals surface area contributed by atoms with E-state index in [2.05, 4.69) is 20.1 Å². The van der Waals surface area contributed by atoms with Crippen LogP contribution in [0.15, 0.2) is 42.7 Å². The highest BCUT2D eigenvalue weighted by Gasteiger charge is 2.32. The van der Waals surface area contributed by atoms with Crippen LogP contribution < -0.4 is 10.2 Å². The number of nitrogens with zero attached hydrogens (tertiary/aromatic N) is 4. The predicted molar refractivity (Wildman–Crippen MR) is 132 cm³/mol. The van der Waals surface area contributed by atoms with Crippen molar-refractivity contribution in [2.24, 2.45) is 0 Å². The van der Waals surface area contributed by atoms with Crippen molar-refractivity contribution in [3.05, 3.63) is 53.9 Å². The zero-order valence-corrected chi connectivity index (χ0v) is 20.9. The number of nitrogens with one attached hydrogen (secondary N) is 1. The van der Waals surface area contributed by atoms with Gasteiger partial charge in [0, 0.05) is 69.8 Å². The summed E-state index contributed by atoms with van der Waals surface area (Å²) in [6, 6.07) is 6.06. The fourth-order valence-corrected chi connectivity index (χ4v) is 4.96. The summed E-state index contributed by atoms with van der Waals surface area (Å²) in [6.07, 6.45) is -4.04. The monoisotopic (exact) mass is 543 g/mol. The second kappa shape index (κ2) is 11.8. The molecule has 2 aromatic rings. The molecule has 1 aromatic carbocycles. The topological polar surface area (TPSA) is 51.7 Å². The van der Waals surface area contributed by atoms with Crippen LogP contribution in [0.25, 0.3) is 0 Å². The van der Waals surface area contributed by atoms with Gasteiger partial charge in [0.25, 0.3) is 0 Å². The first-order valence-corrected chi connectivity index (χ1v) is 12.7. The number of benzene rings is 1. The number of halogens is 6. The van der Waals surface area contributed by atoms with Crippen LogP contribution in [0.1, 0.15) is 36.8 Å². The van der Waals surface area contributed by atoms with Crippen molar-refractivity contribution >= 4 is 17.3 Å². The Morgan fingerprint density at radius 2 is 1.63 bits per heavy atom. The van der Waals surface area contributed by atoms with Gasteiger partial charge in [0.05, 0.1) is 16.8 Å². The van der Waals surface area contributed by atoms with Crippen molar-refractivity contribution < 1.29 is 31.1 Å². The van der Waals surface area contributed by atoms with Gasteiger partial charge in [-0.2, -0.15) is 26.3 Å². The lowest BCUT2D eigenvalue weighted by Crippen LogP contribution is -2.46. The summed E-state index contributed by atoms with van der Waals surface area (Å²) in [5, 5.41) is 3.09. The third-order valence-corrected chi connectivity index (χ3v) is 7.00. The third kappa shape index (κ3) is 7.52. The minimum atomic E-state index is -4.47. The largest absolute Gasteiger partial charge is 0.417 e. The molecule has 6 nitrogen and oxygen atoms in total. The lowest BCUT2D eigenvalue weighted by molar-refractivity contribution is -0.138. The molecule has 0 aliphatic carbocycles. The zero-order chi connectivity index (χ0) is 27.3. The Morgan fingerprint density at radius 3 is 2.34 bits per heavy atom. The standard InChI is InChI=1S/C26H31F6N5O/c27-25(28,29)19-4-6-23(7-5-19)36-11-2-9-35(13-14-36)12-8-24(38)37-10-1-3-21(18-37)34-22-15-20(16-33-17-22)26(30,31)32/h4-7,15-17,21,34H,1-3,8-14,18H2/t21-/m0/s1. The van der Waals surface area contributed by atoms with E-state index in [1.807, 2.05) is 0 Å². The summed E-state index contributed by atoms with van der Waals surface area (Å²) < 4.78 is 77.4. The van der Waals surface area contributed by atoms with Gasteiger partial charge in [0.1, 0.15) is 0 Å². The van der Waals surface area contributed by atoms with Crippen molar-refractivity contribution in [2.45, 2.75) is 44.1 Å².